The minimum atomic E-state index is -0.446. The van der Waals surface area contributed by atoms with E-state index in [0.29, 0.717) is 0 Å². The molecule has 1 aromatic rings. The number of hydrogen-bond donors (Lipinski definition) is 1. The molecule has 5 heteroatoms. The highest BCUT2D eigenvalue weighted by molar-refractivity contribution is 9.10. The number of nitrogens with zero attached hydrogens (tertiary/aromatic N) is 1. The first-order valence-electron chi connectivity index (χ1n) is 7.84. The highest BCUT2D eigenvalue weighted by Crippen LogP contribution is 2.21. The molecule has 22 heavy (non-hydrogen) atoms. The zero-order valence-electron chi connectivity index (χ0n) is 13.6. The third kappa shape index (κ3) is 5.20. The van der Waals surface area contributed by atoms with E-state index < -0.39 is 5.60 Å². The number of carbonyl (C=O) groups is 1. The fourth-order valence-electron chi connectivity index (χ4n) is 2.58. The normalized spacial score (nSPS) is 18.9. The number of likely N-dealkylation sites (tertiary alicyclic amines) is 1. The zero-order chi connectivity index (χ0) is 16.2. The van der Waals surface area contributed by atoms with E-state index in [1.54, 1.807) is 0 Å². The van der Waals surface area contributed by atoms with Crippen LogP contribution < -0.4 is 5.32 Å². The van der Waals surface area contributed by atoms with E-state index in [2.05, 4.69) is 21.2 Å². The van der Waals surface area contributed by atoms with Crippen LogP contribution in [0.25, 0.3) is 0 Å². The van der Waals surface area contributed by atoms with Crippen molar-refractivity contribution in [1.29, 1.82) is 0 Å². The van der Waals surface area contributed by atoms with Gasteiger partial charge in [0.1, 0.15) is 5.60 Å². The van der Waals surface area contributed by atoms with Gasteiger partial charge in [-0.15, -0.1) is 0 Å². The van der Waals surface area contributed by atoms with Crippen LogP contribution >= 0.6 is 15.9 Å². The smallest absolute Gasteiger partial charge is 0.410 e. The summed E-state index contributed by atoms with van der Waals surface area (Å²) >= 11 is 3.43. The molecule has 1 amide bonds. The standard InChI is InChI=1S/C17H25BrN2O2/c1-17(2,3)22-16(21)20-11-5-4-6-15(20)12-19-14-9-7-13(18)8-10-14/h7-10,15,19H,4-6,11-12H2,1-3H3/t15-/m1/s1. The van der Waals surface area contributed by atoms with Gasteiger partial charge >= 0.3 is 6.09 Å². The molecule has 4 nitrogen and oxygen atoms in total. The van der Waals surface area contributed by atoms with Crippen LogP contribution in [0.3, 0.4) is 0 Å². The Morgan fingerprint density at radius 3 is 2.64 bits per heavy atom. The van der Waals surface area contributed by atoms with E-state index in [-0.39, 0.29) is 12.1 Å². The van der Waals surface area contributed by atoms with Crippen molar-refractivity contribution in [2.45, 2.75) is 51.7 Å². The summed E-state index contributed by atoms with van der Waals surface area (Å²) in [6.45, 7) is 7.25. The molecule has 1 saturated heterocycles. The monoisotopic (exact) mass is 368 g/mol. The second-order valence-corrected chi connectivity index (χ2v) is 7.63. The van der Waals surface area contributed by atoms with E-state index in [1.165, 1.54) is 0 Å². The topological polar surface area (TPSA) is 41.6 Å². The van der Waals surface area contributed by atoms with E-state index >= 15 is 0 Å². The van der Waals surface area contributed by atoms with Crippen molar-refractivity contribution in [3.8, 4) is 0 Å². The number of anilines is 1. The van der Waals surface area contributed by atoms with Gasteiger partial charge in [0.25, 0.3) is 0 Å². The lowest BCUT2D eigenvalue weighted by atomic mass is 10.0. The van der Waals surface area contributed by atoms with Gasteiger partial charge in [-0.2, -0.15) is 0 Å². The van der Waals surface area contributed by atoms with Crippen molar-refractivity contribution in [3.63, 3.8) is 0 Å². The maximum Gasteiger partial charge on any atom is 0.410 e. The molecule has 1 N–H and O–H groups in total. The van der Waals surface area contributed by atoms with E-state index in [9.17, 15) is 4.79 Å². The summed E-state index contributed by atoms with van der Waals surface area (Å²) in [5, 5.41) is 3.42. The zero-order valence-corrected chi connectivity index (χ0v) is 15.1. The first kappa shape index (κ1) is 17.1. The Morgan fingerprint density at radius 1 is 1.32 bits per heavy atom. The van der Waals surface area contributed by atoms with E-state index in [0.717, 1.165) is 42.5 Å². The number of piperidine rings is 1. The first-order chi connectivity index (χ1) is 10.3. The molecule has 1 aromatic carbocycles. The summed E-state index contributed by atoms with van der Waals surface area (Å²) in [7, 11) is 0. The molecule has 0 bridgehead atoms. The SMILES string of the molecule is CC(C)(C)OC(=O)N1CCCC[C@@H]1CNc1ccc(Br)cc1. The lowest BCUT2D eigenvalue weighted by Gasteiger charge is -2.37. The van der Waals surface area contributed by atoms with Crippen LogP contribution in [-0.4, -0.2) is 35.7 Å². The molecule has 0 aliphatic carbocycles. The van der Waals surface area contributed by atoms with Gasteiger partial charge in [-0.05, 0) is 64.3 Å². The van der Waals surface area contributed by atoms with Crippen LogP contribution in [0, 0.1) is 0 Å². The van der Waals surface area contributed by atoms with Crippen molar-refractivity contribution in [3.05, 3.63) is 28.7 Å². The second-order valence-electron chi connectivity index (χ2n) is 6.71. The minimum absolute atomic E-state index is 0.187. The number of amides is 1. The molecule has 0 radical (unpaired) electrons. The Hall–Kier alpha value is -1.23. The Balaban J connectivity index is 1.94. The molecule has 1 atom stereocenters. The molecular formula is C17H25BrN2O2. The number of ether oxygens (including phenoxy) is 1. The highest BCUT2D eigenvalue weighted by atomic mass is 79.9. The number of halogens is 1. The molecule has 1 aliphatic heterocycles. The fourth-order valence-corrected chi connectivity index (χ4v) is 2.84. The summed E-state index contributed by atoms with van der Waals surface area (Å²) in [5.41, 5.74) is 0.621. The maximum atomic E-state index is 12.3. The molecule has 1 aliphatic rings. The third-order valence-electron chi connectivity index (χ3n) is 3.64. The summed E-state index contributed by atoms with van der Waals surface area (Å²) in [6.07, 6.45) is 3.03. The summed E-state index contributed by atoms with van der Waals surface area (Å²) in [4.78, 5) is 14.2. The quantitative estimate of drug-likeness (QED) is 0.843. The van der Waals surface area contributed by atoms with Gasteiger partial charge in [0.2, 0.25) is 0 Å². The molecule has 1 fully saturated rings. The molecule has 1 heterocycles. The molecule has 2 rings (SSSR count). The van der Waals surface area contributed by atoms with Gasteiger partial charge in [0.15, 0.2) is 0 Å². The third-order valence-corrected chi connectivity index (χ3v) is 4.17. The van der Waals surface area contributed by atoms with Gasteiger partial charge < -0.3 is 15.0 Å². The summed E-state index contributed by atoms with van der Waals surface area (Å²) < 4.78 is 6.59. The first-order valence-corrected chi connectivity index (χ1v) is 8.63. The van der Waals surface area contributed by atoms with Crippen molar-refractivity contribution in [2.24, 2.45) is 0 Å². The predicted molar refractivity (Wildman–Crippen MR) is 93.2 cm³/mol. The fraction of sp³-hybridized carbons (Fsp3) is 0.588. The van der Waals surface area contributed by atoms with Gasteiger partial charge in [-0.25, -0.2) is 4.79 Å². The Morgan fingerprint density at radius 2 is 2.00 bits per heavy atom. The van der Waals surface area contributed by atoms with Crippen molar-refractivity contribution < 1.29 is 9.53 Å². The molecule has 0 saturated carbocycles. The van der Waals surface area contributed by atoms with E-state index in [1.807, 2.05) is 49.9 Å². The van der Waals surface area contributed by atoms with Crippen LogP contribution in [0.2, 0.25) is 0 Å². The lowest BCUT2D eigenvalue weighted by Crippen LogP contribution is -2.48. The van der Waals surface area contributed by atoms with Gasteiger partial charge in [-0.1, -0.05) is 15.9 Å². The second kappa shape index (κ2) is 7.36. The van der Waals surface area contributed by atoms with Crippen LogP contribution in [0.1, 0.15) is 40.0 Å². The highest BCUT2D eigenvalue weighted by Gasteiger charge is 2.30. The molecular weight excluding hydrogens is 344 g/mol. The predicted octanol–water partition coefficient (Wildman–Crippen LogP) is 4.65. The number of benzene rings is 1. The molecule has 122 valence electrons. The van der Waals surface area contributed by atoms with Gasteiger partial charge in [0, 0.05) is 23.2 Å². The van der Waals surface area contributed by atoms with E-state index in [4.69, 9.17) is 4.74 Å². The molecule has 0 aromatic heterocycles. The largest absolute Gasteiger partial charge is 0.444 e. The Labute approximate surface area is 141 Å². The molecule has 0 unspecified atom stereocenters. The maximum absolute atomic E-state index is 12.3. The van der Waals surface area contributed by atoms with Crippen molar-refractivity contribution in [1.82, 2.24) is 4.90 Å². The lowest BCUT2D eigenvalue weighted by molar-refractivity contribution is 0.0114. The number of hydrogen-bond acceptors (Lipinski definition) is 3. The number of nitrogens with one attached hydrogen (secondary N) is 1. The minimum Gasteiger partial charge on any atom is -0.444 e. The van der Waals surface area contributed by atoms with Gasteiger partial charge in [0.05, 0.1) is 6.04 Å². The Kier molecular flexibility index (Phi) is 5.73. The van der Waals surface area contributed by atoms with Crippen LogP contribution in [0.15, 0.2) is 28.7 Å². The Bertz CT molecular complexity index is 496. The number of rotatable bonds is 3. The van der Waals surface area contributed by atoms with Crippen molar-refractivity contribution >= 4 is 27.7 Å². The van der Waals surface area contributed by atoms with Crippen LogP contribution in [-0.2, 0) is 4.74 Å². The average molecular weight is 369 g/mol. The van der Waals surface area contributed by atoms with Gasteiger partial charge in [-0.3, -0.25) is 0 Å². The number of carbonyl (C=O) groups excluding carboxylic acids is 1. The van der Waals surface area contributed by atoms with Crippen molar-refractivity contribution in [2.75, 3.05) is 18.4 Å². The summed E-state index contributed by atoms with van der Waals surface area (Å²) in [6, 6.07) is 8.27. The van der Waals surface area contributed by atoms with Crippen LogP contribution in [0.4, 0.5) is 10.5 Å². The van der Waals surface area contributed by atoms with Crippen LogP contribution in [0.5, 0.6) is 0 Å². The molecule has 0 spiro atoms. The average Bonchev–Trinajstić information content (AvgIpc) is 2.45. The summed E-state index contributed by atoms with van der Waals surface area (Å²) in [5.74, 6) is 0.